The SMILES string of the molecule is CC1=NN(c2ccccn2)C(=O)C1=Cc1c(C)[nH]n(-c2ccccn2)c1=O. The minimum Gasteiger partial charge on any atom is -0.293 e. The fraction of sp³-hybridized carbons (Fsp3) is 0.105. The lowest BCUT2D eigenvalue weighted by molar-refractivity contribution is -0.114. The highest BCUT2D eigenvalue weighted by atomic mass is 16.2. The maximum atomic E-state index is 12.8. The summed E-state index contributed by atoms with van der Waals surface area (Å²) in [6, 6.07) is 10.5. The Morgan fingerprint density at radius 2 is 1.63 bits per heavy atom. The minimum atomic E-state index is -0.324. The van der Waals surface area contributed by atoms with Crippen molar-refractivity contribution in [3.63, 3.8) is 0 Å². The summed E-state index contributed by atoms with van der Waals surface area (Å²) in [7, 11) is 0. The number of rotatable bonds is 3. The van der Waals surface area contributed by atoms with Gasteiger partial charge in [0.05, 0.1) is 16.8 Å². The lowest BCUT2D eigenvalue weighted by Gasteiger charge is -2.09. The number of H-pyrrole nitrogens is 1. The number of aromatic amines is 1. The fourth-order valence-corrected chi connectivity index (χ4v) is 2.84. The molecule has 1 aliphatic rings. The van der Waals surface area contributed by atoms with Gasteiger partial charge >= 0.3 is 0 Å². The van der Waals surface area contributed by atoms with Gasteiger partial charge in [-0.25, -0.2) is 14.6 Å². The first-order chi connectivity index (χ1) is 13.1. The van der Waals surface area contributed by atoms with E-state index < -0.39 is 0 Å². The standard InChI is InChI=1S/C19H16N6O2/c1-12-14(18(26)24(22-12)16-7-3-5-9-20-16)11-15-13(2)23-25(19(15)27)17-8-4-6-10-21-17/h3-11,22H,1-2H3. The Morgan fingerprint density at radius 1 is 0.963 bits per heavy atom. The van der Waals surface area contributed by atoms with E-state index in [0.29, 0.717) is 34.2 Å². The van der Waals surface area contributed by atoms with Crippen LogP contribution in [-0.2, 0) is 4.79 Å². The number of aromatic nitrogens is 4. The van der Waals surface area contributed by atoms with Gasteiger partial charge in [0.15, 0.2) is 11.6 Å². The van der Waals surface area contributed by atoms with Gasteiger partial charge in [0, 0.05) is 18.1 Å². The highest BCUT2D eigenvalue weighted by molar-refractivity contribution is 6.32. The molecular formula is C19H16N6O2. The second kappa shape index (κ2) is 6.49. The van der Waals surface area contributed by atoms with E-state index in [4.69, 9.17) is 0 Å². The number of amides is 1. The first-order valence-corrected chi connectivity index (χ1v) is 8.32. The predicted molar refractivity (Wildman–Crippen MR) is 102 cm³/mol. The summed E-state index contributed by atoms with van der Waals surface area (Å²) in [5.74, 6) is 0.589. The van der Waals surface area contributed by atoms with Gasteiger partial charge in [-0.1, -0.05) is 12.1 Å². The average molecular weight is 360 g/mol. The number of hydrogen-bond acceptors (Lipinski definition) is 5. The first kappa shape index (κ1) is 16.6. The van der Waals surface area contributed by atoms with E-state index in [1.165, 1.54) is 9.69 Å². The molecule has 1 aliphatic heterocycles. The van der Waals surface area contributed by atoms with Crippen molar-refractivity contribution in [3.8, 4) is 5.82 Å². The molecule has 134 valence electrons. The topological polar surface area (TPSA) is 96.2 Å². The average Bonchev–Trinajstić information content (AvgIpc) is 3.14. The molecule has 8 heteroatoms. The Hall–Kier alpha value is -3.81. The van der Waals surface area contributed by atoms with Gasteiger partial charge in [-0.3, -0.25) is 14.7 Å². The van der Waals surface area contributed by atoms with E-state index >= 15 is 0 Å². The molecule has 4 heterocycles. The van der Waals surface area contributed by atoms with Crippen molar-refractivity contribution in [2.24, 2.45) is 5.10 Å². The van der Waals surface area contributed by atoms with E-state index in [1.807, 2.05) is 0 Å². The Labute approximate surface area is 154 Å². The second-order valence-electron chi connectivity index (χ2n) is 6.03. The van der Waals surface area contributed by atoms with Crippen LogP contribution in [0.4, 0.5) is 5.82 Å². The zero-order valence-electron chi connectivity index (χ0n) is 14.7. The van der Waals surface area contributed by atoms with Crippen LogP contribution in [0.3, 0.4) is 0 Å². The van der Waals surface area contributed by atoms with Crippen molar-refractivity contribution in [1.29, 1.82) is 0 Å². The molecule has 0 saturated heterocycles. The molecule has 1 amide bonds. The van der Waals surface area contributed by atoms with Gasteiger partial charge in [-0.2, -0.15) is 10.1 Å². The largest absolute Gasteiger partial charge is 0.293 e. The molecule has 3 aromatic heterocycles. The molecule has 27 heavy (non-hydrogen) atoms. The van der Waals surface area contributed by atoms with Crippen molar-refractivity contribution in [1.82, 2.24) is 19.7 Å². The smallest absolute Gasteiger partial charge is 0.282 e. The third-order valence-corrected chi connectivity index (χ3v) is 4.21. The minimum absolute atomic E-state index is 0.282. The normalized spacial score (nSPS) is 15.5. The van der Waals surface area contributed by atoms with Gasteiger partial charge < -0.3 is 0 Å². The molecule has 0 unspecified atom stereocenters. The monoisotopic (exact) mass is 360 g/mol. The Bertz CT molecular complexity index is 1130. The highest BCUT2D eigenvalue weighted by Gasteiger charge is 2.30. The highest BCUT2D eigenvalue weighted by Crippen LogP contribution is 2.23. The number of aryl methyl sites for hydroxylation is 1. The molecule has 0 bridgehead atoms. The molecule has 0 spiro atoms. The molecule has 0 aliphatic carbocycles. The maximum absolute atomic E-state index is 12.8. The van der Waals surface area contributed by atoms with Crippen LogP contribution in [0, 0.1) is 6.92 Å². The maximum Gasteiger partial charge on any atom is 0.282 e. The Kier molecular flexibility index (Phi) is 4.00. The quantitative estimate of drug-likeness (QED) is 0.723. The molecule has 8 nitrogen and oxygen atoms in total. The zero-order chi connectivity index (χ0) is 19.0. The molecule has 3 aromatic rings. The molecule has 4 rings (SSSR count). The first-order valence-electron chi connectivity index (χ1n) is 8.32. The summed E-state index contributed by atoms with van der Waals surface area (Å²) in [4.78, 5) is 33.9. The van der Waals surface area contributed by atoms with Crippen LogP contribution in [0.1, 0.15) is 18.2 Å². The number of carbonyl (C=O) groups is 1. The van der Waals surface area contributed by atoms with Gasteiger partial charge in [0.1, 0.15) is 0 Å². The number of pyridine rings is 2. The summed E-state index contributed by atoms with van der Waals surface area (Å²) in [6.07, 6.45) is 4.77. The van der Waals surface area contributed by atoms with Crippen LogP contribution in [0.2, 0.25) is 0 Å². The lowest BCUT2D eigenvalue weighted by Crippen LogP contribution is -2.22. The predicted octanol–water partition coefficient (Wildman–Crippen LogP) is 2.07. The molecular weight excluding hydrogens is 344 g/mol. The second-order valence-corrected chi connectivity index (χ2v) is 6.03. The summed E-state index contributed by atoms with van der Waals surface area (Å²) in [5, 5.41) is 8.51. The molecule has 0 radical (unpaired) electrons. The summed E-state index contributed by atoms with van der Waals surface area (Å²) < 4.78 is 1.35. The number of nitrogens with one attached hydrogen (secondary N) is 1. The third-order valence-electron chi connectivity index (χ3n) is 4.21. The van der Waals surface area contributed by atoms with E-state index in [2.05, 4.69) is 20.2 Å². The molecule has 0 aromatic carbocycles. The summed E-state index contributed by atoms with van der Waals surface area (Å²) >= 11 is 0. The zero-order valence-corrected chi connectivity index (χ0v) is 14.7. The molecule has 1 N–H and O–H groups in total. The van der Waals surface area contributed by atoms with Crippen LogP contribution in [0.15, 0.2) is 64.3 Å². The van der Waals surface area contributed by atoms with Crippen LogP contribution in [0.5, 0.6) is 0 Å². The Morgan fingerprint density at radius 3 is 2.26 bits per heavy atom. The van der Waals surface area contributed by atoms with Crippen molar-refractivity contribution in [2.45, 2.75) is 13.8 Å². The van der Waals surface area contributed by atoms with Crippen LogP contribution in [-0.4, -0.2) is 31.4 Å². The van der Waals surface area contributed by atoms with Crippen LogP contribution >= 0.6 is 0 Å². The van der Waals surface area contributed by atoms with Crippen molar-refractivity contribution in [2.75, 3.05) is 5.01 Å². The van der Waals surface area contributed by atoms with Crippen molar-refractivity contribution >= 4 is 23.5 Å². The number of nitrogens with zero attached hydrogens (tertiary/aromatic N) is 5. The Balaban J connectivity index is 1.75. The lowest BCUT2D eigenvalue weighted by atomic mass is 10.1. The van der Waals surface area contributed by atoms with Gasteiger partial charge in [0.2, 0.25) is 0 Å². The van der Waals surface area contributed by atoms with Crippen molar-refractivity contribution in [3.05, 3.63) is 76.0 Å². The number of anilines is 1. The summed E-state index contributed by atoms with van der Waals surface area (Å²) in [5.41, 5.74) is 1.62. The number of hydrazone groups is 1. The van der Waals surface area contributed by atoms with E-state index in [1.54, 1.807) is 68.7 Å². The number of hydrogen-bond donors (Lipinski definition) is 1. The molecule has 0 atom stereocenters. The van der Waals surface area contributed by atoms with Crippen LogP contribution < -0.4 is 10.6 Å². The van der Waals surface area contributed by atoms with E-state index in [-0.39, 0.29) is 11.5 Å². The third kappa shape index (κ3) is 2.86. The van der Waals surface area contributed by atoms with Crippen molar-refractivity contribution < 1.29 is 4.79 Å². The number of carbonyl (C=O) groups excluding carboxylic acids is 1. The molecule has 0 fully saturated rings. The molecule has 0 saturated carbocycles. The fourth-order valence-electron chi connectivity index (χ4n) is 2.84. The summed E-state index contributed by atoms with van der Waals surface area (Å²) in [6.45, 7) is 3.50. The van der Waals surface area contributed by atoms with Crippen LogP contribution in [0.25, 0.3) is 11.9 Å². The van der Waals surface area contributed by atoms with Gasteiger partial charge in [-0.15, -0.1) is 0 Å². The van der Waals surface area contributed by atoms with Gasteiger partial charge in [0.25, 0.3) is 11.5 Å². The van der Waals surface area contributed by atoms with E-state index in [0.717, 1.165) is 0 Å². The van der Waals surface area contributed by atoms with E-state index in [9.17, 15) is 9.59 Å². The van der Waals surface area contributed by atoms with Gasteiger partial charge in [-0.05, 0) is 44.2 Å².